The van der Waals surface area contributed by atoms with Crippen molar-refractivity contribution >= 4 is 28.5 Å². The molecule has 0 radical (unpaired) electrons. The second kappa shape index (κ2) is 9.08. The molecule has 3 aromatic rings. The highest BCUT2D eigenvalue weighted by Crippen LogP contribution is 2.24. The van der Waals surface area contributed by atoms with Gasteiger partial charge >= 0.3 is 11.8 Å². The maximum absolute atomic E-state index is 12.0. The maximum Gasteiger partial charge on any atom is 0.514 e. The lowest BCUT2D eigenvalue weighted by Gasteiger charge is -2.21. The van der Waals surface area contributed by atoms with E-state index >= 15 is 0 Å². The van der Waals surface area contributed by atoms with E-state index in [0.717, 1.165) is 18.8 Å². The van der Waals surface area contributed by atoms with Gasteiger partial charge in [-0.3, -0.25) is 10.1 Å². The van der Waals surface area contributed by atoms with Gasteiger partial charge in [-0.05, 0) is 38.1 Å². The van der Waals surface area contributed by atoms with Crippen LogP contribution in [0.4, 0.5) is 16.2 Å². The molecule has 0 saturated carbocycles. The molecule has 0 spiro atoms. The van der Waals surface area contributed by atoms with E-state index in [4.69, 9.17) is 13.9 Å². The minimum atomic E-state index is -0.995. The number of nitro groups is 1. The lowest BCUT2D eigenvalue weighted by Crippen LogP contribution is -2.21. The first-order valence-corrected chi connectivity index (χ1v) is 9.32. The molecule has 3 rings (SSSR count). The zero-order valence-corrected chi connectivity index (χ0v) is 16.5. The van der Waals surface area contributed by atoms with Crippen LogP contribution in [0.3, 0.4) is 0 Å². The van der Waals surface area contributed by atoms with Crippen LogP contribution >= 0.6 is 0 Å². The molecular weight excluding hydrogens is 392 g/mol. The van der Waals surface area contributed by atoms with Gasteiger partial charge in [-0.15, -0.1) is 0 Å². The van der Waals surface area contributed by atoms with E-state index in [1.54, 1.807) is 6.07 Å². The van der Waals surface area contributed by atoms with Crippen molar-refractivity contribution < 1.29 is 23.6 Å². The van der Waals surface area contributed by atoms with Crippen LogP contribution in [-0.4, -0.2) is 24.2 Å². The van der Waals surface area contributed by atoms with Crippen molar-refractivity contribution in [2.75, 3.05) is 18.0 Å². The third-order valence-electron chi connectivity index (χ3n) is 4.54. The number of non-ortho nitro benzene ring substituents is 1. The van der Waals surface area contributed by atoms with Crippen LogP contribution in [0.1, 0.15) is 19.4 Å². The first-order chi connectivity index (χ1) is 14.4. The highest BCUT2D eigenvalue weighted by atomic mass is 16.7. The van der Waals surface area contributed by atoms with Gasteiger partial charge in [0.25, 0.3) is 5.69 Å². The number of hydrogen-bond donors (Lipinski definition) is 0. The molecule has 0 unspecified atom stereocenters. The number of fused-ring (bicyclic) bond motifs is 1. The van der Waals surface area contributed by atoms with Crippen LogP contribution < -0.4 is 15.3 Å². The van der Waals surface area contributed by atoms with Gasteiger partial charge < -0.3 is 18.8 Å². The Morgan fingerprint density at radius 1 is 1.10 bits per heavy atom. The maximum atomic E-state index is 12.0. The monoisotopic (exact) mass is 412 g/mol. The summed E-state index contributed by atoms with van der Waals surface area (Å²) < 4.78 is 15.4. The highest BCUT2D eigenvalue weighted by molar-refractivity contribution is 5.83. The Labute approximate surface area is 171 Å². The molecule has 0 fully saturated rings. The molecule has 0 atom stereocenters. The fourth-order valence-corrected chi connectivity index (χ4v) is 3.02. The minimum Gasteiger partial charge on any atom is -0.429 e. The van der Waals surface area contributed by atoms with E-state index in [-0.39, 0.29) is 18.0 Å². The topological polar surface area (TPSA) is 112 Å². The van der Waals surface area contributed by atoms with Gasteiger partial charge in [0.15, 0.2) is 0 Å². The number of ether oxygens (including phenoxy) is 2. The molecule has 9 heteroatoms. The van der Waals surface area contributed by atoms with Crippen LogP contribution in [0, 0.1) is 10.1 Å². The van der Waals surface area contributed by atoms with Gasteiger partial charge in [-0.25, -0.2) is 9.59 Å². The van der Waals surface area contributed by atoms with Gasteiger partial charge in [-0.2, -0.15) is 0 Å². The number of carbonyl (C=O) groups excluding carboxylic acids is 1. The average molecular weight is 412 g/mol. The molecule has 0 aliphatic heterocycles. The summed E-state index contributed by atoms with van der Waals surface area (Å²) in [6, 6.07) is 11.8. The molecule has 30 heavy (non-hydrogen) atoms. The number of nitro benzene ring substituents is 1. The first-order valence-electron chi connectivity index (χ1n) is 9.32. The second-order valence-corrected chi connectivity index (χ2v) is 6.34. The fraction of sp³-hybridized carbons (Fsp3) is 0.238. The van der Waals surface area contributed by atoms with E-state index in [0.29, 0.717) is 16.5 Å². The van der Waals surface area contributed by atoms with Crippen molar-refractivity contribution in [1.29, 1.82) is 0 Å². The van der Waals surface area contributed by atoms with Gasteiger partial charge in [0, 0.05) is 54.0 Å². The van der Waals surface area contributed by atoms with Crippen LogP contribution in [0.5, 0.6) is 5.75 Å². The molecular formula is C21H20N2O7. The Hall–Kier alpha value is -3.88. The van der Waals surface area contributed by atoms with Crippen molar-refractivity contribution in [3.05, 3.63) is 74.6 Å². The van der Waals surface area contributed by atoms with Crippen molar-refractivity contribution in [3.8, 4) is 5.75 Å². The van der Waals surface area contributed by atoms with E-state index < -0.39 is 16.7 Å². The molecule has 0 bridgehead atoms. The Balaban J connectivity index is 1.74. The smallest absolute Gasteiger partial charge is 0.429 e. The third-order valence-corrected chi connectivity index (χ3v) is 4.54. The highest BCUT2D eigenvalue weighted by Gasteiger charge is 2.13. The minimum absolute atomic E-state index is 0.104. The summed E-state index contributed by atoms with van der Waals surface area (Å²) in [5.74, 6) is 0.104. The van der Waals surface area contributed by atoms with Gasteiger partial charge in [-0.1, -0.05) is 0 Å². The van der Waals surface area contributed by atoms with Crippen molar-refractivity contribution in [2.24, 2.45) is 0 Å². The summed E-state index contributed by atoms with van der Waals surface area (Å²) in [4.78, 5) is 36.1. The Bertz CT molecular complexity index is 1120. The van der Waals surface area contributed by atoms with Crippen LogP contribution in [-0.2, 0) is 11.3 Å². The summed E-state index contributed by atoms with van der Waals surface area (Å²) >= 11 is 0. The molecule has 2 aromatic carbocycles. The molecule has 0 amide bonds. The summed E-state index contributed by atoms with van der Waals surface area (Å²) in [6.07, 6.45) is -0.995. The fourth-order valence-electron chi connectivity index (χ4n) is 3.02. The largest absolute Gasteiger partial charge is 0.514 e. The summed E-state index contributed by atoms with van der Waals surface area (Å²) in [5.41, 5.74) is 1.12. The predicted molar refractivity (Wildman–Crippen MR) is 110 cm³/mol. The standard InChI is InChI=1S/C21H20N2O7/c1-3-22(4-2)16-7-10-18-14(11-20(24)30-19(18)12-16)13-28-21(25)29-17-8-5-15(6-9-17)23(26)27/h5-12H,3-4,13H2,1-2H3. The third kappa shape index (κ3) is 4.75. The van der Waals surface area contributed by atoms with E-state index in [9.17, 15) is 19.7 Å². The van der Waals surface area contributed by atoms with E-state index in [2.05, 4.69) is 4.90 Å². The lowest BCUT2D eigenvalue weighted by molar-refractivity contribution is -0.384. The molecule has 0 N–H and O–H groups in total. The van der Waals surface area contributed by atoms with Gasteiger partial charge in [0.2, 0.25) is 0 Å². The molecule has 9 nitrogen and oxygen atoms in total. The lowest BCUT2D eigenvalue weighted by atomic mass is 10.1. The molecule has 1 aromatic heterocycles. The average Bonchev–Trinajstić information content (AvgIpc) is 2.73. The molecule has 1 heterocycles. The Morgan fingerprint density at radius 3 is 2.43 bits per heavy atom. The number of rotatable bonds is 7. The van der Waals surface area contributed by atoms with Crippen LogP contribution in [0.25, 0.3) is 11.0 Å². The van der Waals surface area contributed by atoms with Gasteiger partial charge in [0.1, 0.15) is 17.9 Å². The number of nitrogens with zero attached hydrogens (tertiary/aromatic N) is 2. The molecule has 0 saturated heterocycles. The number of hydrogen-bond acceptors (Lipinski definition) is 8. The Morgan fingerprint density at radius 2 is 1.80 bits per heavy atom. The van der Waals surface area contributed by atoms with Gasteiger partial charge in [0.05, 0.1) is 4.92 Å². The SMILES string of the molecule is CCN(CC)c1ccc2c(COC(=O)Oc3ccc([N+](=O)[O-])cc3)cc(=O)oc2c1. The summed E-state index contributed by atoms with van der Waals surface area (Å²) in [7, 11) is 0. The van der Waals surface area contributed by atoms with E-state index in [1.807, 2.05) is 26.0 Å². The first kappa shape index (κ1) is 20.8. The quantitative estimate of drug-likeness (QED) is 0.186. The van der Waals surface area contributed by atoms with E-state index in [1.165, 1.54) is 30.3 Å². The van der Waals surface area contributed by atoms with Crippen molar-refractivity contribution in [1.82, 2.24) is 0 Å². The molecule has 0 aliphatic rings. The predicted octanol–water partition coefficient (Wildman–Crippen LogP) is 4.26. The van der Waals surface area contributed by atoms with Crippen molar-refractivity contribution in [3.63, 3.8) is 0 Å². The zero-order valence-electron chi connectivity index (χ0n) is 16.5. The summed E-state index contributed by atoms with van der Waals surface area (Å²) in [5, 5.41) is 11.3. The number of anilines is 1. The number of benzene rings is 2. The van der Waals surface area contributed by atoms with Crippen molar-refractivity contribution in [2.45, 2.75) is 20.5 Å². The normalized spacial score (nSPS) is 10.6. The number of carbonyl (C=O) groups is 1. The van der Waals surface area contributed by atoms with Crippen LogP contribution in [0.15, 0.2) is 57.7 Å². The zero-order chi connectivity index (χ0) is 21.7. The van der Waals surface area contributed by atoms with Crippen LogP contribution in [0.2, 0.25) is 0 Å². The Kier molecular flexibility index (Phi) is 6.31. The molecule has 0 aliphatic carbocycles. The molecule has 156 valence electrons. The second-order valence-electron chi connectivity index (χ2n) is 6.34. The summed E-state index contributed by atoms with van der Waals surface area (Å²) in [6.45, 7) is 5.49.